The number of H-pyrrole nitrogens is 1. The van der Waals surface area contributed by atoms with Gasteiger partial charge in [-0.2, -0.15) is 5.10 Å². The number of halogens is 1. The van der Waals surface area contributed by atoms with Crippen molar-refractivity contribution in [1.82, 2.24) is 15.2 Å². The van der Waals surface area contributed by atoms with Gasteiger partial charge < -0.3 is 4.74 Å². The van der Waals surface area contributed by atoms with Crippen molar-refractivity contribution >= 4 is 29.3 Å². The molecule has 2 aromatic rings. The van der Waals surface area contributed by atoms with Crippen LogP contribution in [0.3, 0.4) is 0 Å². The van der Waals surface area contributed by atoms with E-state index in [1.54, 1.807) is 19.1 Å². The molecule has 0 bridgehead atoms. The highest BCUT2D eigenvalue weighted by Gasteiger charge is 2.17. The molecule has 0 amide bonds. The molecule has 1 aromatic carbocycles. The standard InChI is InChI=1S/C12H12ClN3O2S/c1-8(19-12-14-7-15-16-12)11(17)18-6-9-2-4-10(13)5-3-9/h2-5,7-8H,6H2,1H3,(H,14,15,16). The Balaban J connectivity index is 1.82. The molecule has 100 valence electrons. The maximum absolute atomic E-state index is 11.8. The number of aromatic nitrogens is 3. The quantitative estimate of drug-likeness (QED) is 0.679. The molecular formula is C12H12ClN3O2S. The predicted molar refractivity (Wildman–Crippen MR) is 72.9 cm³/mol. The van der Waals surface area contributed by atoms with Gasteiger partial charge in [-0.25, -0.2) is 4.98 Å². The van der Waals surface area contributed by atoms with Gasteiger partial charge in [0.15, 0.2) is 5.16 Å². The van der Waals surface area contributed by atoms with Gasteiger partial charge in [0.2, 0.25) is 0 Å². The first-order valence-corrected chi connectivity index (χ1v) is 6.84. The zero-order valence-corrected chi connectivity index (χ0v) is 11.7. The van der Waals surface area contributed by atoms with Crippen LogP contribution in [0.2, 0.25) is 5.02 Å². The largest absolute Gasteiger partial charge is 0.460 e. The Hall–Kier alpha value is -1.53. The number of carbonyl (C=O) groups is 1. The Morgan fingerprint density at radius 2 is 2.21 bits per heavy atom. The van der Waals surface area contributed by atoms with E-state index in [0.717, 1.165) is 5.56 Å². The van der Waals surface area contributed by atoms with Crippen LogP contribution in [-0.4, -0.2) is 26.4 Å². The van der Waals surface area contributed by atoms with Crippen LogP contribution in [0.25, 0.3) is 0 Å². The molecule has 0 aliphatic heterocycles. The van der Waals surface area contributed by atoms with Crippen LogP contribution in [-0.2, 0) is 16.1 Å². The maximum atomic E-state index is 11.8. The normalized spacial score (nSPS) is 12.1. The van der Waals surface area contributed by atoms with Crippen molar-refractivity contribution in [3.63, 3.8) is 0 Å². The van der Waals surface area contributed by atoms with Gasteiger partial charge in [0.1, 0.15) is 18.2 Å². The van der Waals surface area contributed by atoms with Gasteiger partial charge in [0.05, 0.1) is 0 Å². The van der Waals surface area contributed by atoms with Crippen LogP contribution in [0.5, 0.6) is 0 Å². The van der Waals surface area contributed by atoms with E-state index in [0.29, 0.717) is 10.2 Å². The summed E-state index contributed by atoms with van der Waals surface area (Å²) in [6.45, 7) is 1.99. The lowest BCUT2D eigenvalue weighted by atomic mass is 10.2. The number of aromatic amines is 1. The highest BCUT2D eigenvalue weighted by atomic mass is 35.5. The summed E-state index contributed by atoms with van der Waals surface area (Å²) in [6, 6.07) is 7.17. The molecule has 7 heteroatoms. The minimum atomic E-state index is -0.347. The smallest absolute Gasteiger partial charge is 0.319 e. The molecule has 0 saturated heterocycles. The van der Waals surface area contributed by atoms with Gasteiger partial charge >= 0.3 is 5.97 Å². The number of hydrogen-bond acceptors (Lipinski definition) is 5. The summed E-state index contributed by atoms with van der Waals surface area (Å²) in [5, 5.41) is 7.30. The minimum Gasteiger partial charge on any atom is -0.460 e. The first kappa shape index (κ1) is 13.9. The molecule has 1 atom stereocenters. The molecule has 0 saturated carbocycles. The van der Waals surface area contributed by atoms with E-state index < -0.39 is 0 Å². The van der Waals surface area contributed by atoms with Crippen molar-refractivity contribution in [2.45, 2.75) is 23.9 Å². The van der Waals surface area contributed by atoms with Crippen LogP contribution in [0.1, 0.15) is 12.5 Å². The number of carbonyl (C=O) groups excluding carboxylic acids is 1. The Morgan fingerprint density at radius 3 is 2.84 bits per heavy atom. The zero-order valence-electron chi connectivity index (χ0n) is 10.2. The number of rotatable bonds is 5. The molecule has 1 heterocycles. The first-order chi connectivity index (χ1) is 9.15. The Labute approximate surface area is 119 Å². The average molecular weight is 298 g/mol. The van der Waals surface area contributed by atoms with Crippen molar-refractivity contribution in [2.24, 2.45) is 0 Å². The monoisotopic (exact) mass is 297 g/mol. The molecule has 1 unspecified atom stereocenters. The molecule has 0 aliphatic rings. The second-order valence-electron chi connectivity index (χ2n) is 3.78. The summed E-state index contributed by atoms with van der Waals surface area (Å²) in [7, 11) is 0. The Kier molecular flexibility index (Phi) is 4.81. The highest BCUT2D eigenvalue weighted by Crippen LogP contribution is 2.19. The van der Waals surface area contributed by atoms with Gasteiger partial charge in [-0.3, -0.25) is 9.89 Å². The number of thioether (sulfide) groups is 1. The maximum Gasteiger partial charge on any atom is 0.319 e. The van der Waals surface area contributed by atoms with E-state index in [9.17, 15) is 4.79 Å². The fourth-order valence-electron chi connectivity index (χ4n) is 1.32. The average Bonchev–Trinajstić information content (AvgIpc) is 2.90. The summed E-state index contributed by atoms with van der Waals surface area (Å²) in [6.07, 6.45) is 1.40. The van der Waals surface area contributed by atoms with Gasteiger partial charge in [0, 0.05) is 5.02 Å². The van der Waals surface area contributed by atoms with E-state index in [-0.39, 0.29) is 17.8 Å². The molecule has 0 radical (unpaired) electrons. The second-order valence-corrected chi connectivity index (χ2v) is 5.55. The number of benzene rings is 1. The van der Waals surface area contributed by atoms with Gasteiger partial charge in [-0.05, 0) is 24.6 Å². The molecular weight excluding hydrogens is 286 g/mol. The van der Waals surface area contributed by atoms with E-state index >= 15 is 0 Å². The summed E-state index contributed by atoms with van der Waals surface area (Å²) < 4.78 is 5.21. The predicted octanol–water partition coefficient (Wildman–Crippen LogP) is 2.68. The van der Waals surface area contributed by atoms with Crippen LogP contribution < -0.4 is 0 Å². The fraction of sp³-hybridized carbons (Fsp3) is 0.250. The van der Waals surface area contributed by atoms with Crippen molar-refractivity contribution in [3.05, 3.63) is 41.2 Å². The van der Waals surface area contributed by atoms with E-state index in [1.807, 2.05) is 12.1 Å². The van der Waals surface area contributed by atoms with Crippen molar-refractivity contribution in [2.75, 3.05) is 0 Å². The number of nitrogens with one attached hydrogen (secondary N) is 1. The molecule has 0 spiro atoms. The van der Waals surface area contributed by atoms with Crippen LogP contribution >= 0.6 is 23.4 Å². The number of esters is 1. The second kappa shape index (κ2) is 6.58. The SMILES string of the molecule is CC(Sc1ncn[nH]1)C(=O)OCc1ccc(Cl)cc1. The van der Waals surface area contributed by atoms with E-state index in [2.05, 4.69) is 15.2 Å². The lowest BCUT2D eigenvalue weighted by molar-refractivity contribution is -0.143. The highest BCUT2D eigenvalue weighted by molar-refractivity contribution is 8.00. The van der Waals surface area contributed by atoms with Gasteiger partial charge in [0.25, 0.3) is 0 Å². The molecule has 1 aromatic heterocycles. The molecule has 5 nitrogen and oxygen atoms in total. The van der Waals surface area contributed by atoms with E-state index in [1.165, 1.54) is 18.1 Å². The topological polar surface area (TPSA) is 67.9 Å². The summed E-state index contributed by atoms with van der Waals surface area (Å²) in [4.78, 5) is 15.7. The zero-order chi connectivity index (χ0) is 13.7. The van der Waals surface area contributed by atoms with Crippen LogP contribution in [0.4, 0.5) is 0 Å². The van der Waals surface area contributed by atoms with Crippen molar-refractivity contribution < 1.29 is 9.53 Å². The summed E-state index contributed by atoms with van der Waals surface area (Å²) in [5.41, 5.74) is 0.898. The number of hydrogen-bond donors (Lipinski definition) is 1. The molecule has 2 rings (SSSR count). The van der Waals surface area contributed by atoms with Gasteiger partial charge in [-0.1, -0.05) is 35.5 Å². The first-order valence-electron chi connectivity index (χ1n) is 5.58. The van der Waals surface area contributed by atoms with Gasteiger partial charge in [-0.15, -0.1) is 0 Å². The third-order valence-electron chi connectivity index (χ3n) is 2.31. The van der Waals surface area contributed by atoms with Crippen LogP contribution in [0, 0.1) is 0 Å². The van der Waals surface area contributed by atoms with Crippen molar-refractivity contribution in [3.8, 4) is 0 Å². The molecule has 1 N–H and O–H groups in total. The molecule has 0 fully saturated rings. The van der Waals surface area contributed by atoms with E-state index in [4.69, 9.17) is 16.3 Å². The third kappa shape index (κ3) is 4.25. The lowest BCUT2D eigenvalue weighted by Gasteiger charge is -2.09. The minimum absolute atomic E-state index is 0.233. The Morgan fingerprint density at radius 1 is 1.47 bits per heavy atom. The van der Waals surface area contributed by atoms with Crippen LogP contribution in [0.15, 0.2) is 35.7 Å². The summed E-state index contributed by atoms with van der Waals surface area (Å²) in [5.74, 6) is -0.295. The third-order valence-corrected chi connectivity index (χ3v) is 3.53. The summed E-state index contributed by atoms with van der Waals surface area (Å²) >= 11 is 7.05. The number of ether oxygens (including phenoxy) is 1. The Bertz CT molecular complexity index is 530. The molecule has 0 aliphatic carbocycles. The molecule has 19 heavy (non-hydrogen) atoms. The van der Waals surface area contributed by atoms with Crippen molar-refractivity contribution in [1.29, 1.82) is 0 Å². The fourth-order valence-corrected chi connectivity index (χ4v) is 2.16. The lowest BCUT2D eigenvalue weighted by Crippen LogP contribution is -2.16. The number of nitrogens with zero attached hydrogens (tertiary/aromatic N) is 2.